The number of nitrogens with zero attached hydrogens (tertiary/aromatic N) is 3. The van der Waals surface area contributed by atoms with Crippen molar-refractivity contribution in [1.82, 2.24) is 15.3 Å². The van der Waals surface area contributed by atoms with Gasteiger partial charge in [0.15, 0.2) is 0 Å². The number of carbonyl (C=O) groups excluding carboxylic acids is 1. The molecule has 0 amide bonds. The maximum Gasteiger partial charge on any atom is 0.418 e. The number of aromatic nitrogens is 2. The number of carbonyl (C=O) groups is 1. The highest BCUT2D eigenvalue weighted by atomic mass is 19.4. The summed E-state index contributed by atoms with van der Waals surface area (Å²) in [6, 6.07) is 3.36. The van der Waals surface area contributed by atoms with Crippen molar-refractivity contribution in [2.24, 2.45) is 0 Å². The van der Waals surface area contributed by atoms with Crippen LogP contribution in [0.25, 0.3) is 0 Å². The minimum atomic E-state index is -4.87. The normalized spacial score (nSPS) is 17.8. The van der Waals surface area contributed by atoms with E-state index in [0.717, 1.165) is 6.07 Å². The van der Waals surface area contributed by atoms with Crippen LogP contribution in [0.3, 0.4) is 0 Å². The summed E-state index contributed by atoms with van der Waals surface area (Å²) in [5.74, 6) is -1.35. The second-order valence-electron chi connectivity index (χ2n) is 6.75. The largest absolute Gasteiger partial charge is 0.418 e. The van der Waals surface area contributed by atoms with Gasteiger partial charge in [0.05, 0.1) is 17.5 Å². The Bertz CT molecular complexity index is 941. The Morgan fingerprint density at radius 2 is 1.97 bits per heavy atom. The molecule has 1 saturated heterocycles. The van der Waals surface area contributed by atoms with Gasteiger partial charge >= 0.3 is 12.4 Å². The van der Waals surface area contributed by atoms with Gasteiger partial charge in [0.2, 0.25) is 5.78 Å². The first-order valence-electron chi connectivity index (χ1n) is 8.84. The summed E-state index contributed by atoms with van der Waals surface area (Å²) >= 11 is 0. The maximum absolute atomic E-state index is 13.5. The monoisotopic (exact) mass is 437 g/mol. The fourth-order valence-electron chi connectivity index (χ4n) is 3.21. The highest BCUT2D eigenvalue weighted by molar-refractivity contribution is 6.11. The number of nitrogens with two attached hydrogens (primary N) is 1. The molecule has 2 aromatic heterocycles. The fourth-order valence-corrected chi connectivity index (χ4v) is 3.21. The number of ketones is 1. The standard InChI is InChI=1S/C18H17F6N5O.2H2/c19-17(20,21)8-10-9-29(7-6-26-10)13-4-3-12(18(22,23)24)14(28-13)15(30)11-2-1-5-27-16(11)25;;/h1-5,10,26H,6-9H2,(H2,25,27);2*1H. The van der Waals surface area contributed by atoms with E-state index < -0.39 is 41.9 Å². The molecule has 1 fully saturated rings. The number of anilines is 2. The van der Waals surface area contributed by atoms with Gasteiger partial charge in [-0.05, 0) is 24.3 Å². The van der Waals surface area contributed by atoms with Crippen molar-refractivity contribution >= 4 is 17.4 Å². The molecule has 0 spiro atoms. The molecule has 2 aromatic rings. The fraction of sp³-hybridized carbons (Fsp3) is 0.389. The molecule has 0 radical (unpaired) electrons. The van der Waals surface area contributed by atoms with Crippen molar-refractivity contribution in [3.05, 3.63) is 47.3 Å². The third kappa shape index (κ3) is 4.99. The van der Waals surface area contributed by atoms with Crippen molar-refractivity contribution < 1.29 is 34.0 Å². The van der Waals surface area contributed by atoms with Gasteiger partial charge in [-0.1, -0.05) is 0 Å². The molecule has 0 aromatic carbocycles. The summed E-state index contributed by atoms with van der Waals surface area (Å²) in [4.78, 5) is 21.7. The van der Waals surface area contributed by atoms with Gasteiger partial charge in [0.25, 0.3) is 0 Å². The first kappa shape index (κ1) is 21.8. The Labute approximate surface area is 170 Å². The van der Waals surface area contributed by atoms with Gasteiger partial charge in [0, 0.05) is 34.7 Å². The van der Waals surface area contributed by atoms with Gasteiger partial charge in [-0.15, -0.1) is 0 Å². The van der Waals surface area contributed by atoms with E-state index in [1.165, 1.54) is 23.2 Å². The number of nitrogen functional groups attached to an aromatic ring is 1. The third-order valence-electron chi connectivity index (χ3n) is 4.54. The second-order valence-corrected chi connectivity index (χ2v) is 6.75. The van der Waals surface area contributed by atoms with Crippen LogP contribution in [0, 0.1) is 0 Å². The number of hydrogen-bond acceptors (Lipinski definition) is 6. The summed E-state index contributed by atoms with van der Waals surface area (Å²) in [7, 11) is 0. The topological polar surface area (TPSA) is 84.1 Å². The lowest BCUT2D eigenvalue weighted by Crippen LogP contribution is -2.52. The second kappa shape index (κ2) is 8.09. The van der Waals surface area contributed by atoms with Crippen molar-refractivity contribution in [2.75, 3.05) is 30.3 Å². The highest BCUT2D eigenvalue weighted by Crippen LogP contribution is 2.34. The summed E-state index contributed by atoms with van der Waals surface area (Å²) in [5, 5.41) is 2.72. The van der Waals surface area contributed by atoms with Crippen LogP contribution in [-0.2, 0) is 6.18 Å². The van der Waals surface area contributed by atoms with Gasteiger partial charge in [-0.25, -0.2) is 9.97 Å². The zero-order chi connectivity index (χ0) is 22.1. The molecule has 12 heteroatoms. The highest BCUT2D eigenvalue weighted by Gasteiger charge is 2.38. The molecule has 0 aliphatic carbocycles. The molecule has 1 aliphatic rings. The molecule has 1 atom stereocenters. The minimum Gasteiger partial charge on any atom is -0.383 e. The van der Waals surface area contributed by atoms with Crippen LogP contribution in [0.2, 0.25) is 0 Å². The molecule has 0 saturated carbocycles. The quantitative estimate of drug-likeness (QED) is 0.563. The first-order valence-corrected chi connectivity index (χ1v) is 8.84. The third-order valence-corrected chi connectivity index (χ3v) is 4.54. The van der Waals surface area contributed by atoms with Crippen molar-refractivity contribution in [1.29, 1.82) is 0 Å². The van der Waals surface area contributed by atoms with Gasteiger partial charge in [-0.2, -0.15) is 26.3 Å². The van der Waals surface area contributed by atoms with E-state index in [1.54, 1.807) is 0 Å². The smallest absolute Gasteiger partial charge is 0.383 e. The number of halogens is 6. The van der Waals surface area contributed by atoms with Crippen LogP contribution in [0.5, 0.6) is 0 Å². The summed E-state index contributed by atoms with van der Waals surface area (Å²) < 4.78 is 78.4. The number of nitrogens with one attached hydrogen (secondary N) is 1. The Morgan fingerprint density at radius 1 is 1.23 bits per heavy atom. The average Bonchev–Trinajstić information content (AvgIpc) is 2.65. The van der Waals surface area contributed by atoms with Crippen molar-refractivity contribution in [3.63, 3.8) is 0 Å². The molecule has 30 heavy (non-hydrogen) atoms. The molecule has 166 valence electrons. The summed E-state index contributed by atoms with van der Waals surface area (Å²) in [5.41, 5.74) is 3.22. The van der Waals surface area contributed by atoms with Crippen LogP contribution >= 0.6 is 0 Å². The maximum atomic E-state index is 13.5. The summed E-state index contributed by atoms with van der Waals surface area (Å²) in [6.45, 7) is 0.276. The van der Waals surface area contributed by atoms with E-state index in [-0.39, 0.29) is 39.7 Å². The average molecular weight is 437 g/mol. The zero-order valence-electron chi connectivity index (χ0n) is 15.4. The number of hydrogen-bond donors (Lipinski definition) is 2. The van der Waals surface area contributed by atoms with Gasteiger partial charge < -0.3 is 16.0 Å². The van der Waals surface area contributed by atoms with Crippen LogP contribution < -0.4 is 16.0 Å². The van der Waals surface area contributed by atoms with E-state index >= 15 is 0 Å². The van der Waals surface area contributed by atoms with Gasteiger partial charge in [0.1, 0.15) is 17.3 Å². The predicted molar refractivity (Wildman–Crippen MR) is 100 cm³/mol. The first-order chi connectivity index (χ1) is 14.0. The lowest BCUT2D eigenvalue weighted by Gasteiger charge is -2.35. The lowest BCUT2D eigenvalue weighted by atomic mass is 10.0. The molecule has 3 N–H and O–H groups in total. The number of rotatable bonds is 4. The minimum absolute atomic E-state index is 0. The van der Waals surface area contributed by atoms with E-state index in [1.807, 2.05) is 0 Å². The zero-order valence-corrected chi connectivity index (χ0v) is 15.4. The molecule has 1 aliphatic heterocycles. The Balaban J connectivity index is 0.00000256. The Morgan fingerprint density at radius 3 is 2.60 bits per heavy atom. The molecule has 3 heterocycles. The van der Waals surface area contributed by atoms with Crippen LogP contribution in [-0.4, -0.2) is 47.6 Å². The molecular formula is C18H21F6N5O. The molecule has 0 bridgehead atoms. The Kier molecular flexibility index (Phi) is 5.88. The predicted octanol–water partition coefficient (Wildman–Crippen LogP) is 3.53. The molecule has 6 nitrogen and oxygen atoms in total. The van der Waals surface area contributed by atoms with Crippen LogP contribution in [0.15, 0.2) is 30.5 Å². The van der Waals surface area contributed by atoms with Gasteiger partial charge in [-0.3, -0.25) is 4.79 Å². The summed E-state index contributed by atoms with van der Waals surface area (Å²) in [6.07, 6.45) is -9.08. The number of pyridine rings is 2. The number of alkyl halides is 6. The Hall–Kier alpha value is -2.89. The molecule has 3 rings (SSSR count). The van der Waals surface area contributed by atoms with Crippen LogP contribution in [0.1, 0.15) is 30.9 Å². The van der Waals surface area contributed by atoms with E-state index in [9.17, 15) is 31.1 Å². The van der Waals surface area contributed by atoms with Crippen molar-refractivity contribution in [3.8, 4) is 0 Å². The number of piperazine rings is 1. The SMILES string of the molecule is Nc1ncccc1C(=O)c1nc(N2CCNC(CC(F)(F)F)C2)ccc1C(F)(F)F.[HH].[HH]. The molecular weight excluding hydrogens is 416 g/mol. The van der Waals surface area contributed by atoms with E-state index in [4.69, 9.17) is 5.73 Å². The van der Waals surface area contributed by atoms with Crippen molar-refractivity contribution in [2.45, 2.75) is 24.8 Å². The van der Waals surface area contributed by atoms with E-state index in [0.29, 0.717) is 6.07 Å². The van der Waals surface area contributed by atoms with E-state index in [2.05, 4.69) is 15.3 Å². The van der Waals surface area contributed by atoms with Crippen LogP contribution in [0.4, 0.5) is 38.0 Å². The lowest BCUT2D eigenvalue weighted by molar-refractivity contribution is -0.140. The molecule has 1 unspecified atom stereocenters.